The van der Waals surface area contributed by atoms with Gasteiger partial charge in [-0.1, -0.05) is 6.07 Å². The van der Waals surface area contributed by atoms with Crippen molar-refractivity contribution in [2.45, 2.75) is 51.8 Å². The van der Waals surface area contributed by atoms with Gasteiger partial charge in [0.2, 0.25) is 0 Å². The number of nitrogens with one attached hydrogen (secondary N) is 1. The molecule has 21 heavy (non-hydrogen) atoms. The Bertz CT molecular complexity index is 464. The van der Waals surface area contributed by atoms with E-state index < -0.39 is 0 Å². The Morgan fingerprint density at radius 1 is 1.38 bits per heavy atom. The van der Waals surface area contributed by atoms with Gasteiger partial charge in [0.25, 0.3) is 0 Å². The normalized spacial score (nSPS) is 19.0. The van der Waals surface area contributed by atoms with Crippen molar-refractivity contribution in [3.63, 3.8) is 0 Å². The molecular weight excluding hydrogens is 267 g/mol. The van der Waals surface area contributed by atoms with Crippen LogP contribution in [-0.2, 0) is 11.3 Å². The fourth-order valence-electron chi connectivity index (χ4n) is 2.63. The third-order valence-corrected chi connectivity index (χ3v) is 3.80. The summed E-state index contributed by atoms with van der Waals surface area (Å²) in [6.07, 6.45) is 2.48. The number of rotatable bonds is 5. The highest BCUT2D eigenvalue weighted by Gasteiger charge is 2.20. The molecule has 1 atom stereocenters. The van der Waals surface area contributed by atoms with Gasteiger partial charge in [-0.05, 0) is 45.7 Å². The second-order valence-electron chi connectivity index (χ2n) is 6.86. The van der Waals surface area contributed by atoms with Crippen molar-refractivity contribution in [1.82, 2.24) is 5.32 Å². The lowest BCUT2D eigenvalue weighted by Crippen LogP contribution is -2.36. The summed E-state index contributed by atoms with van der Waals surface area (Å²) in [6, 6.07) is 5.29. The highest BCUT2D eigenvalue weighted by atomic mass is 19.1. The SMILES string of the molecule is CN(CC1CCCO1)c1cccc(F)c1CNC(C)(C)C. The summed E-state index contributed by atoms with van der Waals surface area (Å²) < 4.78 is 19.9. The molecule has 118 valence electrons. The molecule has 0 spiro atoms. The Morgan fingerprint density at radius 2 is 2.14 bits per heavy atom. The predicted molar refractivity (Wildman–Crippen MR) is 85.2 cm³/mol. The lowest BCUT2D eigenvalue weighted by Gasteiger charge is -2.27. The molecule has 1 fully saturated rings. The van der Waals surface area contributed by atoms with E-state index in [0.717, 1.165) is 37.2 Å². The van der Waals surface area contributed by atoms with Crippen LogP contribution >= 0.6 is 0 Å². The van der Waals surface area contributed by atoms with Crippen LogP contribution in [0.3, 0.4) is 0 Å². The van der Waals surface area contributed by atoms with Crippen LogP contribution < -0.4 is 10.2 Å². The summed E-state index contributed by atoms with van der Waals surface area (Å²) in [6.45, 7) is 8.45. The van der Waals surface area contributed by atoms with Gasteiger partial charge in [0.1, 0.15) is 5.82 Å². The minimum Gasteiger partial charge on any atom is -0.376 e. The van der Waals surface area contributed by atoms with Crippen LogP contribution in [0, 0.1) is 5.82 Å². The summed E-state index contributed by atoms with van der Waals surface area (Å²) in [7, 11) is 2.01. The number of halogens is 1. The van der Waals surface area contributed by atoms with Crippen molar-refractivity contribution in [3.05, 3.63) is 29.6 Å². The zero-order valence-electron chi connectivity index (χ0n) is 13.6. The number of benzene rings is 1. The first-order valence-corrected chi connectivity index (χ1v) is 7.72. The maximum atomic E-state index is 14.2. The Labute approximate surface area is 127 Å². The van der Waals surface area contributed by atoms with Gasteiger partial charge in [0.15, 0.2) is 0 Å². The lowest BCUT2D eigenvalue weighted by molar-refractivity contribution is 0.116. The quantitative estimate of drug-likeness (QED) is 0.901. The van der Waals surface area contributed by atoms with E-state index in [4.69, 9.17) is 4.74 Å². The van der Waals surface area contributed by atoms with Gasteiger partial charge >= 0.3 is 0 Å². The van der Waals surface area contributed by atoms with Crippen molar-refractivity contribution >= 4 is 5.69 Å². The molecule has 1 aromatic rings. The van der Waals surface area contributed by atoms with Crippen LogP contribution in [0.1, 0.15) is 39.2 Å². The van der Waals surface area contributed by atoms with Crippen molar-refractivity contribution in [2.24, 2.45) is 0 Å². The minimum absolute atomic E-state index is 0.0350. The van der Waals surface area contributed by atoms with Crippen LogP contribution in [0.25, 0.3) is 0 Å². The number of nitrogens with zero attached hydrogens (tertiary/aromatic N) is 1. The van der Waals surface area contributed by atoms with Gasteiger partial charge in [-0.3, -0.25) is 0 Å². The van der Waals surface area contributed by atoms with Gasteiger partial charge in [-0.2, -0.15) is 0 Å². The first kappa shape index (κ1) is 16.2. The number of hydrogen-bond donors (Lipinski definition) is 1. The molecule has 1 saturated heterocycles. The van der Waals surface area contributed by atoms with Gasteiger partial charge < -0.3 is 15.0 Å². The fraction of sp³-hybridized carbons (Fsp3) is 0.647. The van der Waals surface area contributed by atoms with Crippen molar-refractivity contribution in [2.75, 3.05) is 25.1 Å². The van der Waals surface area contributed by atoms with E-state index in [0.29, 0.717) is 6.54 Å². The van der Waals surface area contributed by atoms with Gasteiger partial charge in [0, 0.05) is 43.5 Å². The molecule has 1 aliphatic rings. The Hall–Kier alpha value is -1.13. The molecule has 0 radical (unpaired) electrons. The third kappa shape index (κ3) is 4.68. The van der Waals surface area contributed by atoms with Crippen LogP contribution in [0.15, 0.2) is 18.2 Å². The summed E-state index contributed by atoms with van der Waals surface area (Å²) in [4.78, 5) is 2.11. The van der Waals surface area contributed by atoms with Gasteiger partial charge in [0.05, 0.1) is 6.10 Å². The van der Waals surface area contributed by atoms with Crippen LogP contribution in [0.4, 0.5) is 10.1 Å². The van der Waals surface area contributed by atoms with Gasteiger partial charge in [-0.15, -0.1) is 0 Å². The van der Waals surface area contributed by atoms with Crippen molar-refractivity contribution in [3.8, 4) is 0 Å². The largest absolute Gasteiger partial charge is 0.376 e. The highest BCUT2D eigenvalue weighted by molar-refractivity contribution is 5.53. The number of anilines is 1. The van der Waals surface area contributed by atoms with E-state index >= 15 is 0 Å². The summed E-state index contributed by atoms with van der Waals surface area (Å²) in [5.41, 5.74) is 1.64. The molecule has 0 amide bonds. The second kappa shape index (κ2) is 6.75. The van der Waals surface area contributed by atoms with E-state index in [1.807, 2.05) is 13.1 Å². The van der Waals surface area contributed by atoms with Crippen LogP contribution in [0.5, 0.6) is 0 Å². The summed E-state index contributed by atoms with van der Waals surface area (Å²) in [5.74, 6) is -0.150. The average molecular weight is 294 g/mol. The van der Waals surface area contributed by atoms with E-state index in [2.05, 4.69) is 31.0 Å². The first-order valence-electron chi connectivity index (χ1n) is 7.72. The summed E-state index contributed by atoms with van der Waals surface area (Å²) in [5, 5.41) is 3.37. The zero-order valence-corrected chi connectivity index (χ0v) is 13.6. The molecule has 0 aliphatic carbocycles. The Kier molecular flexibility index (Phi) is 5.22. The predicted octanol–water partition coefficient (Wildman–Crippen LogP) is 3.33. The minimum atomic E-state index is -0.150. The Balaban J connectivity index is 2.11. The smallest absolute Gasteiger partial charge is 0.129 e. The second-order valence-corrected chi connectivity index (χ2v) is 6.86. The van der Waals surface area contributed by atoms with Crippen LogP contribution in [-0.4, -0.2) is 31.8 Å². The highest BCUT2D eigenvalue weighted by Crippen LogP contribution is 2.24. The average Bonchev–Trinajstić information content (AvgIpc) is 2.88. The zero-order chi connectivity index (χ0) is 15.5. The standard InChI is InChI=1S/C17H27FN2O/c1-17(2,3)19-11-14-15(18)8-5-9-16(14)20(4)12-13-7-6-10-21-13/h5,8-9,13,19H,6-7,10-12H2,1-4H3. The van der Waals surface area contributed by atoms with Crippen molar-refractivity contribution < 1.29 is 9.13 Å². The molecule has 0 saturated carbocycles. The fourth-order valence-corrected chi connectivity index (χ4v) is 2.63. The van der Waals surface area contributed by atoms with Crippen LogP contribution in [0.2, 0.25) is 0 Å². The molecule has 1 aliphatic heterocycles. The molecule has 1 unspecified atom stereocenters. The molecule has 0 bridgehead atoms. The third-order valence-electron chi connectivity index (χ3n) is 3.80. The monoisotopic (exact) mass is 294 g/mol. The first-order chi connectivity index (χ1) is 9.87. The maximum absolute atomic E-state index is 14.2. The molecule has 1 N–H and O–H groups in total. The van der Waals surface area contributed by atoms with E-state index in [1.54, 1.807) is 6.07 Å². The van der Waals surface area contributed by atoms with Crippen molar-refractivity contribution in [1.29, 1.82) is 0 Å². The van der Waals surface area contributed by atoms with E-state index in [1.165, 1.54) is 6.07 Å². The molecule has 2 rings (SSSR count). The topological polar surface area (TPSA) is 24.5 Å². The summed E-state index contributed by atoms with van der Waals surface area (Å²) >= 11 is 0. The maximum Gasteiger partial charge on any atom is 0.129 e. The number of likely N-dealkylation sites (N-methyl/N-ethyl adjacent to an activating group) is 1. The number of hydrogen-bond acceptors (Lipinski definition) is 3. The molecule has 4 heteroatoms. The number of ether oxygens (including phenoxy) is 1. The molecular formula is C17H27FN2O. The molecule has 1 heterocycles. The van der Waals surface area contributed by atoms with Gasteiger partial charge in [-0.25, -0.2) is 4.39 Å². The lowest BCUT2D eigenvalue weighted by atomic mass is 10.1. The van der Waals surface area contributed by atoms with E-state index in [9.17, 15) is 4.39 Å². The molecule has 3 nitrogen and oxygen atoms in total. The molecule has 0 aromatic heterocycles. The Morgan fingerprint density at radius 3 is 2.76 bits per heavy atom. The van der Waals surface area contributed by atoms with E-state index in [-0.39, 0.29) is 17.5 Å². The molecule has 1 aromatic carbocycles.